The summed E-state index contributed by atoms with van der Waals surface area (Å²) in [6, 6.07) is 12.4. The highest BCUT2D eigenvalue weighted by Crippen LogP contribution is 2.14. The van der Waals surface area contributed by atoms with Crippen LogP contribution in [0.3, 0.4) is 0 Å². The Morgan fingerprint density at radius 2 is 1.78 bits per heavy atom. The van der Waals surface area contributed by atoms with Crippen LogP contribution in [-0.2, 0) is 16.1 Å². The summed E-state index contributed by atoms with van der Waals surface area (Å²) in [5.74, 6) is -3.61. The number of morpholine rings is 1. The molecule has 1 aliphatic heterocycles. The molecular formula is C24H29F2N3O3. The van der Waals surface area contributed by atoms with Crippen molar-refractivity contribution in [3.05, 3.63) is 71.3 Å². The van der Waals surface area contributed by atoms with Crippen molar-refractivity contribution in [1.82, 2.24) is 15.5 Å². The third-order valence-electron chi connectivity index (χ3n) is 5.40. The maximum atomic E-state index is 13.9. The Bertz CT molecular complexity index is 904. The van der Waals surface area contributed by atoms with Gasteiger partial charge in [0.05, 0.1) is 12.7 Å². The number of ether oxygens (including phenoxy) is 1. The van der Waals surface area contributed by atoms with E-state index in [4.69, 9.17) is 4.74 Å². The SMILES string of the molecule is CC(C)C(NC(=O)c1c(F)cccc1F)C(=O)NCC1CN(Cc2ccccc2)CCO1. The predicted molar refractivity (Wildman–Crippen MR) is 117 cm³/mol. The van der Waals surface area contributed by atoms with E-state index in [0.29, 0.717) is 13.2 Å². The summed E-state index contributed by atoms with van der Waals surface area (Å²) in [6.07, 6.45) is -0.191. The molecule has 2 atom stereocenters. The minimum atomic E-state index is -0.973. The zero-order valence-electron chi connectivity index (χ0n) is 18.3. The second kappa shape index (κ2) is 11.2. The molecule has 1 heterocycles. The lowest BCUT2D eigenvalue weighted by molar-refractivity contribution is -0.125. The van der Waals surface area contributed by atoms with Gasteiger partial charge in [0.1, 0.15) is 23.2 Å². The quantitative estimate of drug-likeness (QED) is 0.656. The first kappa shape index (κ1) is 23.8. The minimum Gasteiger partial charge on any atom is -0.374 e. The number of benzene rings is 2. The largest absolute Gasteiger partial charge is 0.374 e. The average Bonchev–Trinajstić information content (AvgIpc) is 2.76. The first-order valence-corrected chi connectivity index (χ1v) is 10.8. The molecule has 8 heteroatoms. The van der Waals surface area contributed by atoms with Crippen LogP contribution < -0.4 is 10.6 Å². The molecule has 0 bridgehead atoms. The number of carbonyl (C=O) groups excluding carboxylic acids is 2. The van der Waals surface area contributed by atoms with E-state index in [1.807, 2.05) is 18.2 Å². The van der Waals surface area contributed by atoms with Crippen molar-refractivity contribution in [3.63, 3.8) is 0 Å². The number of hydrogen-bond acceptors (Lipinski definition) is 4. The van der Waals surface area contributed by atoms with Gasteiger partial charge in [-0.15, -0.1) is 0 Å². The normalized spacial score (nSPS) is 17.7. The summed E-state index contributed by atoms with van der Waals surface area (Å²) in [6.45, 7) is 6.60. The molecule has 6 nitrogen and oxygen atoms in total. The van der Waals surface area contributed by atoms with Gasteiger partial charge in [-0.05, 0) is 23.6 Å². The van der Waals surface area contributed by atoms with Gasteiger partial charge >= 0.3 is 0 Å². The Morgan fingerprint density at radius 3 is 2.44 bits per heavy atom. The maximum absolute atomic E-state index is 13.9. The maximum Gasteiger partial charge on any atom is 0.257 e. The van der Waals surface area contributed by atoms with E-state index in [1.54, 1.807) is 13.8 Å². The molecule has 0 aromatic heterocycles. The Kier molecular flexibility index (Phi) is 8.30. The fourth-order valence-electron chi connectivity index (χ4n) is 3.68. The summed E-state index contributed by atoms with van der Waals surface area (Å²) in [4.78, 5) is 27.4. The first-order valence-electron chi connectivity index (χ1n) is 10.8. The van der Waals surface area contributed by atoms with Crippen molar-refractivity contribution in [2.24, 2.45) is 5.92 Å². The molecule has 2 aromatic rings. The Labute approximate surface area is 186 Å². The molecule has 32 heavy (non-hydrogen) atoms. The molecule has 0 radical (unpaired) electrons. The smallest absolute Gasteiger partial charge is 0.257 e. The lowest BCUT2D eigenvalue weighted by Gasteiger charge is -2.33. The van der Waals surface area contributed by atoms with E-state index in [2.05, 4.69) is 27.7 Å². The van der Waals surface area contributed by atoms with Gasteiger partial charge < -0.3 is 15.4 Å². The van der Waals surface area contributed by atoms with E-state index in [9.17, 15) is 18.4 Å². The molecule has 172 valence electrons. The van der Waals surface area contributed by atoms with E-state index in [1.165, 1.54) is 11.6 Å². The summed E-state index contributed by atoms with van der Waals surface area (Å²) < 4.78 is 33.6. The predicted octanol–water partition coefficient (Wildman–Crippen LogP) is 2.74. The Morgan fingerprint density at radius 1 is 1.09 bits per heavy atom. The van der Waals surface area contributed by atoms with Crippen LogP contribution in [0, 0.1) is 17.6 Å². The van der Waals surface area contributed by atoms with Crippen molar-refractivity contribution < 1.29 is 23.1 Å². The number of nitrogens with one attached hydrogen (secondary N) is 2. The second-order valence-corrected chi connectivity index (χ2v) is 8.25. The monoisotopic (exact) mass is 445 g/mol. The highest BCUT2D eigenvalue weighted by Gasteiger charge is 2.28. The molecule has 0 spiro atoms. The number of hydrogen-bond donors (Lipinski definition) is 2. The molecule has 1 fully saturated rings. The fourth-order valence-corrected chi connectivity index (χ4v) is 3.68. The van der Waals surface area contributed by atoms with E-state index in [-0.39, 0.29) is 18.6 Å². The van der Waals surface area contributed by atoms with Gasteiger partial charge in [-0.3, -0.25) is 14.5 Å². The number of halogens is 2. The molecule has 3 rings (SSSR count). The summed E-state index contributed by atoms with van der Waals surface area (Å²) in [5, 5.41) is 5.27. The summed E-state index contributed by atoms with van der Waals surface area (Å²) in [5.41, 5.74) is 0.512. The van der Waals surface area contributed by atoms with Crippen LogP contribution in [0.1, 0.15) is 29.8 Å². The second-order valence-electron chi connectivity index (χ2n) is 8.25. The van der Waals surface area contributed by atoms with Crippen LogP contribution in [0.5, 0.6) is 0 Å². The Hall–Kier alpha value is -2.84. The van der Waals surface area contributed by atoms with E-state index < -0.39 is 35.1 Å². The molecule has 1 aliphatic rings. The third-order valence-corrected chi connectivity index (χ3v) is 5.40. The molecule has 2 amide bonds. The lowest BCUT2D eigenvalue weighted by atomic mass is 10.0. The van der Waals surface area contributed by atoms with Gasteiger partial charge in [0.15, 0.2) is 0 Å². The molecule has 2 N–H and O–H groups in total. The third kappa shape index (κ3) is 6.34. The van der Waals surface area contributed by atoms with Crippen LogP contribution in [0.4, 0.5) is 8.78 Å². The fraction of sp³-hybridized carbons (Fsp3) is 0.417. The molecular weight excluding hydrogens is 416 g/mol. The standard InChI is InChI=1S/C24H29F2N3O3/c1-16(2)22(28-23(30)21-19(25)9-6-10-20(21)26)24(31)27-13-18-15-29(11-12-32-18)14-17-7-4-3-5-8-17/h3-10,16,18,22H,11-15H2,1-2H3,(H,27,31)(H,28,30). The minimum absolute atomic E-state index is 0.191. The van der Waals surface area contributed by atoms with Crippen molar-refractivity contribution in [1.29, 1.82) is 0 Å². The molecule has 1 saturated heterocycles. The van der Waals surface area contributed by atoms with Crippen molar-refractivity contribution in [2.45, 2.75) is 32.5 Å². The highest BCUT2D eigenvalue weighted by atomic mass is 19.1. The molecule has 2 aromatic carbocycles. The van der Waals surface area contributed by atoms with Crippen LogP contribution in [0.25, 0.3) is 0 Å². The number of amides is 2. The van der Waals surface area contributed by atoms with E-state index in [0.717, 1.165) is 25.2 Å². The van der Waals surface area contributed by atoms with Gasteiger partial charge in [-0.1, -0.05) is 50.2 Å². The van der Waals surface area contributed by atoms with Gasteiger partial charge in [0, 0.05) is 26.2 Å². The topological polar surface area (TPSA) is 70.7 Å². The van der Waals surface area contributed by atoms with Crippen LogP contribution >= 0.6 is 0 Å². The molecule has 2 unspecified atom stereocenters. The highest BCUT2D eigenvalue weighted by molar-refractivity contribution is 5.98. The van der Waals surface area contributed by atoms with Crippen LogP contribution in [-0.4, -0.2) is 55.1 Å². The van der Waals surface area contributed by atoms with Crippen molar-refractivity contribution in [2.75, 3.05) is 26.2 Å². The number of nitrogens with zero attached hydrogens (tertiary/aromatic N) is 1. The zero-order valence-corrected chi connectivity index (χ0v) is 18.3. The van der Waals surface area contributed by atoms with Crippen molar-refractivity contribution in [3.8, 4) is 0 Å². The van der Waals surface area contributed by atoms with Crippen LogP contribution in [0.2, 0.25) is 0 Å². The van der Waals surface area contributed by atoms with Gasteiger partial charge in [0.2, 0.25) is 5.91 Å². The molecule has 0 aliphatic carbocycles. The zero-order chi connectivity index (χ0) is 23.1. The average molecular weight is 446 g/mol. The van der Waals surface area contributed by atoms with Gasteiger partial charge in [-0.2, -0.15) is 0 Å². The Balaban J connectivity index is 1.55. The van der Waals surface area contributed by atoms with Gasteiger partial charge in [-0.25, -0.2) is 8.78 Å². The lowest BCUT2D eigenvalue weighted by Crippen LogP contribution is -2.53. The van der Waals surface area contributed by atoms with Crippen LogP contribution in [0.15, 0.2) is 48.5 Å². The number of carbonyl (C=O) groups is 2. The summed E-state index contributed by atoms with van der Waals surface area (Å²) in [7, 11) is 0. The summed E-state index contributed by atoms with van der Waals surface area (Å²) >= 11 is 0. The number of rotatable bonds is 8. The van der Waals surface area contributed by atoms with Gasteiger partial charge in [0.25, 0.3) is 5.91 Å². The first-order chi connectivity index (χ1) is 15.3. The van der Waals surface area contributed by atoms with Crippen molar-refractivity contribution >= 4 is 11.8 Å². The molecule has 0 saturated carbocycles. The van der Waals surface area contributed by atoms with E-state index >= 15 is 0 Å².